The first-order chi connectivity index (χ1) is 9.94. The van der Waals surface area contributed by atoms with Crippen molar-refractivity contribution in [3.05, 3.63) is 33.8 Å². The van der Waals surface area contributed by atoms with Crippen LogP contribution in [0.25, 0.3) is 0 Å². The van der Waals surface area contributed by atoms with Crippen molar-refractivity contribution in [2.75, 3.05) is 19.8 Å². The van der Waals surface area contributed by atoms with E-state index < -0.39 is 0 Å². The second kappa shape index (κ2) is 7.73. The maximum Gasteiger partial charge on any atom is 0.0727 e. The van der Waals surface area contributed by atoms with Crippen molar-refractivity contribution in [1.29, 1.82) is 0 Å². The summed E-state index contributed by atoms with van der Waals surface area (Å²) in [4.78, 5) is 0. The molecule has 0 radical (unpaired) electrons. The Bertz CT molecular complexity index is 451. The van der Waals surface area contributed by atoms with E-state index in [4.69, 9.17) is 9.47 Å². The fourth-order valence-electron chi connectivity index (χ4n) is 2.24. The zero-order valence-electron chi connectivity index (χ0n) is 13.2. The van der Waals surface area contributed by atoms with Crippen molar-refractivity contribution in [2.24, 2.45) is 5.92 Å². The average molecular weight is 356 g/mol. The summed E-state index contributed by atoms with van der Waals surface area (Å²) in [5.74, 6) is 0.569. The Labute approximate surface area is 136 Å². The van der Waals surface area contributed by atoms with Crippen LogP contribution in [0.15, 0.2) is 22.7 Å². The van der Waals surface area contributed by atoms with E-state index in [0.29, 0.717) is 12.5 Å². The third kappa shape index (κ3) is 6.07. The maximum absolute atomic E-state index is 5.81. The van der Waals surface area contributed by atoms with E-state index >= 15 is 0 Å². The van der Waals surface area contributed by atoms with Gasteiger partial charge in [0.15, 0.2) is 0 Å². The average Bonchev–Trinajstić information content (AvgIpc) is 2.91. The summed E-state index contributed by atoms with van der Waals surface area (Å²) in [7, 11) is 0. The predicted octanol–water partition coefficient (Wildman–Crippen LogP) is 3.89. The van der Waals surface area contributed by atoms with Gasteiger partial charge in [-0.25, -0.2) is 0 Å². The highest BCUT2D eigenvalue weighted by Gasteiger charge is 2.15. The molecular weight excluding hydrogens is 330 g/mol. The monoisotopic (exact) mass is 355 g/mol. The third-order valence-corrected chi connectivity index (χ3v) is 4.31. The summed E-state index contributed by atoms with van der Waals surface area (Å²) in [6.45, 7) is 10.6. The van der Waals surface area contributed by atoms with Gasteiger partial charge in [-0.15, -0.1) is 0 Å². The molecule has 3 nitrogen and oxygen atoms in total. The summed E-state index contributed by atoms with van der Waals surface area (Å²) < 4.78 is 12.3. The van der Waals surface area contributed by atoms with Crippen LogP contribution in [-0.2, 0) is 22.6 Å². The predicted molar refractivity (Wildman–Crippen MR) is 89.3 cm³/mol. The van der Waals surface area contributed by atoms with Crippen LogP contribution in [0.3, 0.4) is 0 Å². The fourth-order valence-corrected chi connectivity index (χ4v) is 2.78. The Balaban J connectivity index is 1.80. The van der Waals surface area contributed by atoms with Crippen molar-refractivity contribution < 1.29 is 9.47 Å². The normalized spacial score (nSPS) is 19.1. The molecule has 1 unspecified atom stereocenters. The van der Waals surface area contributed by atoms with E-state index in [1.165, 1.54) is 11.1 Å². The molecule has 118 valence electrons. The van der Waals surface area contributed by atoms with E-state index in [1.807, 2.05) is 0 Å². The van der Waals surface area contributed by atoms with E-state index in [-0.39, 0.29) is 5.54 Å². The Morgan fingerprint density at radius 3 is 2.81 bits per heavy atom. The minimum absolute atomic E-state index is 0.137. The minimum atomic E-state index is 0.137. The number of rotatable bonds is 6. The Kier molecular flexibility index (Phi) is 6.23. The molecule has 1 aliphatic heterocycles. The van der Waals surface area contributed by atoms with Crippen LogP contribution in [-0.4, -0.2) is 25.4 Å². The van der Waals surface area contributed by atoms with Crippen LogP contribution < -0.4 is 5.32 Å². The van der Waals surface area contributed by atoms with Crippen molar-refractivity contribution >= 4 is 15.9 Å². The SMILES string of the molecule is CC(C)(C)NCc1ccc(COCC2CCOC2)c(Br)c1. The highest BCUT2D eigenvalue weighted by molar-refractivity contribution is 9.10. The van der Waals surface area contributed by atoms with E-state index in [0.717, 1.165) is 37.3 Å². The van der Waals surface area contributed by atoms with Gasteiger partial charge in [0.1, 0.15) is 0 Å². The number of hydrogen-bond acceptors (Lipinski definition) is 3. The molecule has 1 N–H and O–H groups in total. The first kappa shape index (κ1) is 16.9. The molecule has 1 fully saturated rings. The topological polar surface area (TPSA) is 30.5 Å². The molecule has 0 saturated carbocycles. The highest BCUT2D eigenvalue weighted by Crippen LogP contribution is 2.21. The van der Waals surface area contributed by atoms with Crippen molar-refractivity contribution in [3.8, 4) is 0 Å². The lowest BCUT2D eigenvalue weighted by Gasteiger charge is -2.20. The molecule has 21 heavy (non-hydrogen) atoms. The first-order valence-electron chi connectivity index (χ1n) is 7.62. The van der Waals surface area contributed by atoms with Crippen LogP contribution in [0.1, 0.15) is 38.3 Å². The quantitative estimate of drug-likeness (QED) is 0.839. The molecule has 1 aliphatic rings. The Morgan fingerprint density at radius 2 is 2.19 bits per heavy atom. The number of hydrogen-bond donors (Lipinski definition) is 1. The fraction of sp³-hybridized carbons (Fsp3) is 0.647. The van der Waals surface area contributed by atoms with Gasteiger partial charge in [0.2, 0.25) is 0 Å². The van der Waals surface area contributed by atoms with Gasteiger partial charge in [-0.3, -0.25) is 0 Å². The molecule has 4 heteroatoms. The van der Waals surface area contributed by atoms with E-state index in [1.54, 1.807) is 0 Å². The zero-order valence-corrected chi connectivity index (χ0v) is 14.8. The highest BCUT2D eigenvalue weighted by atomic mass is 79.9. The van der Waals surface area contributed by atoms with Crippen LogP contribution >= 0.6 is 15.9 Å². The summed E-state index contributed by atoms with van der Waals surface area (Å²) in [6, 6.07) is 6.49. The molecule has 2 rings (SSSR count). The molecule has 1 saturated heterocycles. The summed E-state index contributed by atoms with van der Waals surface area (Å²) in [6.07, 6.45) is 1.12. The van der Waals surface area contributed by atoms with E-state index in [9.17, 15) is 0 Å². The van der Waals surface area contributed by atoms with Crippen LogP contribution in [0.4, 0.5) is 0 Å². The number of benzene rings is 1. The number of halogens is 1. The van der Waals surface area contributed by atoms with Crippen LogP contribution in [0.2, 0.25) is 0 Å². The lowest BCUT2D eigenvalue weighted by molar-refractivity contribution is 0.0788. The van der Waals surface area contributed by atoms with Crippen LogP contribution in [0, 0.1) is 5.92 Å². The second-order valence-electron chi connectivity index (χ2n) is 6.77. The van der Waals surface area contributed by atoms with Gasteiger partial charge in [0, 0.05) is 29.1 Å². The molecule has 0 aliphatic carbocycles. The third-order valence-electron chi connectivity index (χ3n) is 3.58. The first-order valence-corrected chi connectivity index (χ1v) is 8.41. The molecule has 1 atom stereocenters. The largest absolute Gasteiger partial charge is 0.381 e. The van der Waals surface area contributed by atoms with Gasteiger partial charge in [-0.1, -0.05) is 28.1 Å². The van der Waals surface area contributed by atoms with Crippen molar-refractivity contribution in [3.63, 3.8) is 0 Å². The molecule has 1 heterocycles. The molecule has 0 aromatic heterocycles. The van der Waals surface area contributed by atoms with Gasteiger partial charge in [-0.2, -0.15) is 0 Å². The molecule has 0 amide bonds. The molecule has 1 aromatic carbocycles. The van der Waals surface area contributed by atoms with Crippen molar-refractivity contribution in [1.82, 2.24) is 5.32 Å². The van der Waals surface area contributed by atoms with Crippen LogP contribution in [0.5, 0.6) is 0 Å². The van der Waals surface area contributed by atoms with Gasteiger partial charge in [-0.05, 0) is 44.4 Å². The second-order valence-corrected chi connectivity index (χ2v) is 7.63. The minimum Gasteiger partial charge on any atom is -0.381 e. The summed E-state index contributed by atoms with van der Waals surface area (Å²) in [5.41, 5.74) is 2.62. The van der Waals surface area contributed by atoms with E-state index in [2.05, 4.69) is 60.2 Å². The van der Waals surface area contributed by atoms with Gasteiger partial charge >= 0.3 is 0 Å². The van der Waals surface area contributed by atoms with Gasteiger partial charge in [0.25, 0.3) is 0 Å². The summed E-state index contributed by atoms with van der Waals surface area (Å²) in [5, 5.41) is 3.50. The smallest absolute Gasteiger partial charge is 0.0727 e. The maximum atomic E-state index is 5.81. The number of ether oxygens (including phenoxy) is 2. The Hall–Kier alpha value is -0.420. The molecular formula is C17H26BrNO2. The van der Waals surface area contributed by atoms with Gasteiger partial charge in [0.05, 0.1) is 19.8 Å². The van der Waals surface area contributed by atoms with Crippen molar-refractivity contribution in [2.45, 2.75) is 45.9 Å². The molecule has 0 spiro atoms. The molecule has 0 bridgehead atoms. The Morgan fingerprint density at radius 1 is 1.38 bits per heavy atom. The van der Waals surface area contributed by atoms with Gasteiger partial charge < -0.3 is 14.8 Å². The lowest BCUT2D eigenvalue weighted by atomic mass is 10.1. The number of nitrogens with one attached hydrogen (secondary N) is 1. The zero-order chi connectivity index (χ0) is 15.3. The standard InChI is InChI=1S/C17H26BrNO2/c1-17(2,3)19-9-13-4-5-15(16(18)8-13)12-21-11-14-6-7-20-10-14/h4-5,8,14,19H,6-7,9-12H2,1-3H3. The lowest BCUT2D eigenvalue weighted by Crippen LogP contribution is -2.35. The molecule has 1 aromatic rings. The summed E-state index contributed by atoms with van der Waals surface area (Å²) >= 11 is 3.65.